The molecule has 0 unspecified atom stereocenters. The van der Waals surface area contributed by atoms with Crippen LogP contribution in [0.15, 0.2) is 76.1 Å². The predicted molar refractivity (Wildman–Crippen MR) is 119 cm³/mol. The molecule has 31 heavy (non-hydrogen) atoms. The van der Waals surface area contributed by atoms with Crippen LogP contribution < -0.4 is 20.4 Å². The number of rotatable bonds is 8. The number of carbonyl (C=O) groups is 1. The maximum Gasteiger partial charge on any atom is 0.257 e. The molecule has 2 heterocycles. The Kier molecular flexibility index (Phi) is 6.36. The number of hydrogen-bond acceptors (Lipinski definition) is 5. The first-order valence-corrected chi connectivity index (χ1v) is 10.5. The van der Waals surface area contributed by atoms with Gasteiger partial charge in [-0.25, -0.2) is 0 Å². The highest BCUT2D eigenvalue weighted by atomic mass is 16.5. The van der Waals surface area contributed by atoms with E-state index in [0.717, 1.165) is 18.4 Å². The molecule has 0 fully saturated rings. The Bertz CT molecular complexity index is 1090. The van der Waals surface area contributed by atoms with E-state index in [0.29, 0.717) is 24.9 Å². The molecular formula is C25H26N2O4. The van der Waals surface area contributed by atoms with E-state index in [2.05, 4.69) is 29.3 Å². The third-order valence-electron chi connectivity index (χ3n) is 5.46. The van der Waals surface area contributed by atoms with Crippen molar-refractivity contribution >= 4 is 11.6 Å². The Morgan fingerprint density at radius 1 is 1.16 bits per heavy atom. The van der Waals surface area contributed by atoms with Crippen molar-refractivity contribution in [3.8, 4) is 5.75 Å². The van der Waals surface area contributed by atoms with E-state index in [-0.39, 0.29) is 23.7 Å². The van der Waals surface area contributed by atoms with E-state index in [1.807, 2.05) is 42.5 Å². The van der Waals surface area contributed by atoms with Crippen molar-refractivity contribution in [2.45, 2.75) is 32.4 Å². The van der Waals surface area contributed by atoms with Crippen molar-refractivity contribution in [2.24, 2.45) is 0 Å². The van der Waals surface area contributed by atoms with E-state index < -0.39 is 0 Å². The molecule has 0 bridgehead atoms. The first kappa shape index (κ1) is 20.7. The minimum Gasteiger partial charge on any atom is -0.477 e. The largest absolute Gasteiger partial charge is 0.477 e. The lowest BCUT2D eigenvalue weighted by Gasteiger charge is -2.24. The number of nitrogens with one attached hydrogen (secondary N) is 1. The Labute approximate surface area is 181 Å². The third kappa shape index (κ3) is 5.15. The smallest absolute Gasteiger partial charge is 0.257 e. The molecule has 1 amide bonds. The fourth-order valence-corrected chi connectivity index (χ4v) is 3.85. The lowest BCUT2D eigenvalue weighted by molar-refractivity contribution is -0.123. The number of nitrogens with zero attached hydrogens (tertiary/aromatic N) is 1. The van der Waals surface area contributed by atoms with Crippen LogP contribution in [0.3, 0.4) is 0 Å². The molecular weight excluding hydrogens is 392 g/mol. The highest BCUT2D eigenvalue weighted by molar-refractivity contribution is 5.77. The Hall–Kier alpha value is -3.54. The maximum atomic E-state index is 12.4. The van der Waals surface area contributed by atoms with Gasteiger partial charge in [-0.2, -0.15) is 0 Å². The second kappa shape index (κ2) is 9.51. The summed E-state index contributed by atoms with van der Waals surface area (Å²) < 4.78 is 11.0. The number of ether oxygens (including phenoxy) is 1. The number of anilines is 1. The first-order valence-electron chi connectivity index (χ1n) is 10.5. The van der Waals surface area contributed by atoms with Gasteiger partial charge in [0.25, 0.3) is 5.91 Å². The molecule has 0 radical (unpaired) electrons. The molecule has 4 rings (SSSR count). The fraction of sp³-hybridized carbons (Fsp3) is 0.280. The third-order valence-corrected chi connectivity index (χ3v) is 5.46. The van der Waals surface area contributed by atoms with Crippen molar-refractivity contribution in [1.29, 1.82) is 0 Å². The van der Waals surface area contributed by atoms with Crippen molar-refractivity contribution in [3.63, 3.8) is 0 Å². The Morgan fingerprint density at radius 3 is 2.74 bits per heavy atom. The van der Waals surface area contributed by atoms with Crippen molar-refractivity contribution in [2.75, 3.05) is 18.1 Å². The quantitative estimate of drug-likeness (QED) is 0.608. The highest BCUT2D eigenvalue weighted by Gasteiger charge is 2.26. The monoisotopic (exact) mass is 418 g/mol. The molecule has 1 atom stereocenters. The zero-order valence-electron chi connectivity index (χ0n) is 17.5. The topological polar surface area (TPSA) is 71.8 Å². The molecule has 160 valence electrons. The van der Waals surface area contributed by atoms with Crippen LogP contribution in [0.1, 0.15) is 23.8 Å². The van der Waals surface area contributed by atoms with Gasteiger partial charge in [0.1, 0.15) is 12.0 Å². The minimum absolute atomic E-state index is 0.0387. The summed E-state index contributed by atoms with van der Waals surface area (Å²) >= 11 is 0. The van der Waals surface area contributed by atoms with E-state index >= 15 is 0 Å². The zero-order chi connectivity index (χ0) is 21.6. The SMILES string of the molecule is C[C@H]1Cc2ccccc2N1Cc1cc(=O)c(OCC(=O)NCCc2ccccc2)co1. The van der Waals surface area contributed by atoms with Crippen LogP contribution in [0.25, 0.3) is 0 Å². The summed E-state index contributed by atoms with van der Waals surface area (Å²) in [7, 11) is 0. The number of amides is 1. The van der Waals surface area contributed by atoms with Gasteiger partial charge in [0.15, 0.2) is 6.61 Å². The summed E-state index contributed by atoms with van der Waals surface area (Å²) in [6.45, 7) is 2.95. The molecule has 0 spiro atoms. The maximum absolute atomic E-state index is 12.4. The minimum atomic E-state index is -0.293. The lowest BCUT2D eigenvalue weighted by atomic mass is 10.1. The molecule has 0 saturated carbocycles. The van der Waals surface area contributed by atoms with Crippen LogP contribution in [0.5, 0.6) is 5.75 Å². The normalized spacial score (nSPS) is 14.9. The number of carbonyl (C=O) groups excluding carboxylic acids is 1. The molecule has 1 aromatic heterocycles. The van der Waals surface area contributed by atoms with E-state index in [1.165, 1.54) is 23.6 Å². The second-order valence-electron chi connectivity index (χ2n) is 7.76. The molecule has 6 heteroatoms. The summed E-state index contributed by atoms with van der Waals surface area (Å²) in [5.41, 5.74) is 3.33. The summed E-state index contributed by atoms with van der Waals surface area (Å²) in [4.78, 5) is 26.6. The van der Waals surface area contributed by atoms with Crippen LogP contribution in [0, 0.1) is 0 Å². The average Bonchev–Trinajstić information content (AvgIpc) is 3.09. The van der Waals surface area contributed by atoms with Gasteiger partial charge < -0.3 is 19.4 Å². The lowest BCUT2D eigenvalue weighted by Crippen LogP contribution is -2.31. The molecule has 0 aliphatic carbocycles. The van der Waals surface area contributed by atoms with Gasteiger partial charge in [0, 0.05) is 24.3 Å². The second-order valence-corrected chi connectivity index (χ2v) is 7.76. The summed E-state index contributed by atoms with van der Waals surface area (Å²) in [6, 6.07) is 20.0. The number of benzene rings is 2. The molecule has 1 aliphatic heterocycles. The Balaban J connectivity index is 1.29. The van der Waals surface area contributed by atoms with Gasteiger partial charge in [0.2, 0.25) is 11.2 Å². The van der Waals surface area contributed by atoms with Gasteiger partial charge >= 0.3 is 0 Å². The Morgan fingerprint density at radius 2 is 1.94 bits per heavy atom. The highest BCUT2D eigenvalue weighted by Crippen LogP contribution is 2.32. The van der Waals surface area contributed by atoms with Crippen molar-refractivity contribution < 1.29 is 13.9 Å². The van der Waals surface area contributed by atoms with Crippen LogP contribution >= 0.6 is 0 Å². The number of para-hydroxylation sites is 1. The predicted octanol–water partition coefficient (Wildman–Crippen LogP) is 3.33. The van der Waals surface area contributed by atoms with E-state index in [4.69, 9.17) is 9.15 Å². The van der Waals surface area contributed by atoms with E-state index in [1.54, 1.807) is 0 Å². The van der Waals surface area contributed by atoms with Crippen LogP contribution in [-0.2, 0) is 24.2 Å². The summed E-state index contributed by atoms with van der Waals surface area (Å²) in [5, 5.41) is 2.79. The average molecular weight is 418 g/mol. The van der Waals surface area contributed by atoms with Gasteiger partial charge in [-0.05, 0) is 37.0 Å². The van der Waals surface area contributed by atoms with Gasteiger partial charge in [-0.1, -0.05) is 48.5 Å². The van der Waals surface area contributed by atoms with E-state index in [9.17, 15) is 9.59 Å². The summed E-state index contributed by atoms with van der Waals surface area (Å²) in [5.74, 6) is 0.326. The molecule has 2 aromatic carbocycles. The molecule has 1 aliphatic rings. The summed E-state index contributed by atoms with van der Waals surface area (Å²) in [6.07, 6.45) is 3.00. The van der Waals surface area contributed by atoms with Crippen LogP contribution in [-0.4, -0.2) is 25.1 Å². The standard InChI is InChI=1S/C25H26N2O4/c1-18-13-20-9-5-6-10-22(20)27(18)15-21-14-23(28)24(16-30-21)31-17-25(29)26-12-11-19-7-3-2-4-8-19/h2-10,14,16,18H,11-13,15,17H2,1H3,(H,26,29)/t18-/m0/s1. The molecule has 1 N–H and O–H groups in total. The van der Waals surface area contributed by atoms with Gasteiger partial charge in [-0.3, -0.25) is 9.59 Å². The molecule has 6 nitrogen and oxygen atoms in total. The first-order chi connectivity index (χ1) is 15.1. The zero-order valence-corrected chi connectivity index (χ0v) is 17.5. The fourth-order valence-electron chi connectivity index (χ4n) is 3.85. The van der Waals surface area contributed by atoms with Crippen LogP contribution in [0.4, 0.5) is 5.69 Å². The molecule has 0 saturated heterocycles. The van der Waals surface area contributed by atoms with Crippen LogP contribution in [0.2, 0.25) is 0 Å². The van der Waals surface area contributed by atoms with Gasteiger partial charge in [-0.15, -0.1) is 0 Å². The van der Waals surface area contributed by atoms with Crippen molar-refractivity contribution in [3.05, 3.63) is 94.0 Å². The van der Waals surface area contributed by atoms with Crippen molar-refractivity contribution in [1.82, 2.24) is 5.32 Å². The molecule has 3 aromatic rings. The van der Waals surface area contributed by atoms with Gasteiger partial charge in [0.05, 0.1) is 6.54 Å². The number of fused-ring (bicyclic) bond motifs is 1. The number of hydrogen-bond donors (Lipinski definition) is 1.